The van der Waals surface area contributed by atoms with Crippen LogP contribution in [0.4, 0.5) is 0 Å². The van der Waals surface area contributed by atoms with E-state index in [1.165, 1.54) is 6.08 Å². The lowest BCUT2D eigenvalue weighted by molar-refractivity contribution is -0.126. The van der Waals surface area contributed by atoms with Crippen LogP contribution in [-0.4, -0.2) is 37.6 Å². The highest BCUT2D eigenvalue weighted by Crippen LogP contribution is 2.34. The van der Waals surface area contributed by atoms with Crippen molar-refractivity contribution < 1.29 is 9.90 Å². The van der Waals surface area contributed by atoms with Gasteiger partial charge in [-0.25, -0.2) is 0 Å². The molecule has 0 aliphatic carbocycles. The van der Waals surface area contributed by atoms with Crippen molar-refractivity contribution in [2.45, 2.75) is 18.9 Å². The van der Waals surface area contributed by atoms with E-state index >= 15 is 0 Å². The van der Waals surface area contributed by atoms with Crippen LogP contribution in [0.1, 0.15) is 24.6 Å². The van der Waals surface area contributed by atoms with Crippen LogP contribution in [0.15, 0.2) is 49.1 Å². The van der Waals surface area contributed by atoms with Crippen LogP contribution in [-0.2, 0) is 4.79 Å². The zero-order valence-electron chi connectivity index (χ0n) is 13.6. The molecule has 1 aliphatic rings. The predicted molar refractivity (Wildman–Crippen MR) is 94.9 cm³/mol. The lowest BCUT2D eigenvalue weighted by Crippen LogP contribution is -2.28. The molecule has 1 amide bonds. The van der Waals surface area contributed by atoms with Gasteiger partial charge >= 0.3 is 0 Å². The summed E-state index contributed by atoms with van der Waals surface area (Å²) in [6, 6.07) is 11.0. The molecule has 6 nitrogen and oxygen atoms in total. The molecule has 126 valence electrons. The summed E-state index contributed by atoms with van der Waals surface area (Å²) in [5.74, 6) is 0.118. The van der Waals surface area contributed by atoms with Gasteiger partial charge < -0.3 is 15.0 Å². The largest absolute Gasteiger partial charge is 0.507 e. The Bertz CT molecular complexity index is 963. The SMILES string of the molecule is C=CC(=O)N1CCCC1c1cc2cc(-c3ccccc3O)nnc2[nH]1. The fourth-order valence-corrected chi connectivity index (χ4v) is 3.43. The van der Waals surface area contributed by atoms with E-state index in [0.717, 1.165) is 30.5 Å². The molecule has 2 aromatic heterocycles. The highest BCUT2D eigenvalue weighted by Gasteiger charge is 2.29. The molecular weight excluding hydrogens is 316 g/mol. The first-order valence-electron chi connectivity index (χ1n) is 8.25. The molecule has 0 radical (unpaired) electrons. The molecule has 1 aliphatic heterocycles. The number of H-pyrrole nitrogens is 1. The average Bonchev–Trinajstić information content (AvgIpc) is 3.27. The Morgan fingerprint density at radius 3 is 2.96 bits per heavy atom. The quantitative estimate of drug-likeness (QED) is 0.721. The number of amides is 1. The molecule has 1 atom stereocenters. The number of hydrogen-bond acceptors (Lipinski definition) is 4. The van der Waals surface area contributed by atoms with Crippen LogP contribution in [0.25, 0.3) is 22.3 Å². The van der Waals surface area contributed by atoms with Crippen LogP contribution < -0.4 is 0 Å². The number of aromatic amines is 1. The molecule has 25 heavy (non-hydrogen) atoms. The van der Waals surface area contributed by atoms with Crippen LogP contribution in [0.5, 0.6) is 5.75 Å². The van der Waals surface area contributed by atoms with Gasteiger partial charge in [-0.2, -0.15) is 0 Å². The summed E-state index contributed by atoms with van der Waals surface area (Å²) < 4.78 is 0. The van der Waals surface area contributed by atoms with Gasteiger partial charge in [-0.1, -0.05) is 18.7 Å². The third-order valence-electron chi connectivity index (χ3n) is 4.65. The zero-order chi connectivity index (χ0) is 17.4. The lowest BCUT2D eigenvalue weighted by atomic mass is 10.1. The zero-order valence-corrected chi connectivity index (χ0v) is 13.6. The van der Waals surface area contributed by atoms with Gasteiger partial charge in [0.2, 0.25) is 5.91 Å². The molecule has 3 heterocycles. The topological polar surface area (TPSA) is 82.1 Å². The Kier molecular flexibility index (Phi) is 3.72. The van der Waals surface area contributed by atoms with Gasteiger partial charge in [0.05, 0.1) is 11.7 Å². The number of para-hydroxylation sites is 1. The summed E-state index contributed by atoms with van der Waals surface area (Å²) in [7, 11) is 0. The fourth-order valence-electron chi connectivity index (χ4n) is 3.43. The van der Waals surface area contributed by atoms with E-state index in [1.807, 2.05) is 23.1 Å². The molecule has 0 bridgehead atoms. The van der Waals surface area contributed by atoms with Crippen molar-refractivity contribution in [2.24, 2.45) is 0 Å². The van der Waals surface area contributed by atoms with Crippen molar-refractivity contribution in [3.05, 3.63) is 54.7 Å². The van der Waals surface area contributed by atoms with Gasteiger partial charge in [-0.15, -0.1) is 10.2 Å². The van der Waals surface area contributed by atoms with E-state index in [1.54, 1.807) is 18.2 Å². The van der Waals surface area contributed by atoms with Gasteiger partial charge in [0.25, 0.3) is 0 Å². The number of aromatic hydroxyl groups is 1. The normalized spacial score (nSPS) is 17.1. The number of carbonyl (C=O) groups excluding carboxylic acids is 1. The second-order valence-corrected chi connectivity index (χ2v) is 6.17. The third-order valence-corrected chi connectivity index (χ3v) is 4.65. The van der Waals surface area contributed by atoms with Gasteiger partial charge in [0.1, 0.15) is 5.75 Å². The van der Waals surface area contributed by atoms with E-state index < -0.39 is 0 Å². The molecule has 0 spiro atoms. The molecule has 3 aromatic rings. The maximum atomic E-state index is 12.0. The van der Waals surface area contributed by atoms with Gasteiger partial charge in [0.15, 0.2) is 5.65 Å². The summed E-state index contributed by atoms with van der Waals surface area (Å²) in [6.07, 6.45) is 3.23. The van der Waals surface area contributed by atoms with Gasteiger partial charge in [-0.3, -0.25) is 4.79 Å². The van der Waals surface area contributed by atoms with Crippen molar-refractivity contribution >= 4 is 16.9 Å². The maximum absolute atomic E-state index is 12.0. The third kappa shape index (κ3) is 2.65. The molecular formula is C19H18N4O2. The van der Waals surface area contributed by atoms with Crippen molar-refractivity contribution in [1.82, 2.24) is 20.1 Å². The number of likely N-dealkylation sites (tertiary alicyclic amines) is 1. The van der Waals surface area contributed by atoms with Crippen molar-refractivity contribution in [1.29, 1.82) is 0 Å². The summed E-state index contributed by atoms with van der Waals surface area (Å²) in [5, 5.41) is 19.4. The number of nitrogens with one attached hydrogen (secondary N) is 1. The highest BCUT2D eigenvalue weighted by atomic mass is 16.3. The lowest BCUT2D eigenvalue weighted by Gasteiger charge is -2.22. The van der Waals surface area contributed by atoms with Crippen molar-refractivity contribution in [2.75, 3.05) is 6.54 Å². The molecule has 6 heteroatoms. The molecule has 1 fully saturated rings. The van der Waals surface area contributed by atoms with E-state index in [4.69, 9.17) is 0 Å². The number of rotatable bonds is 3. The summed E-state index contributed by atoms with van der Waals surface area (Å²) in [4.78, 5) is 17.1. The molecule has 0 saturated carbocycles. The molecule has 2 N–H and O–H groups in total. The van der Waals surface area contributed by atoms with Crippen molar-refractivity contribution in [3.8, 4) is 17.0 Å². The first kappa shape index (κ1) is 15.4. The Hall–Kier alpha value is -3.15. The van der Waals surface area contributed by atoms with Crippen molar-refractivity contribution in [3.63, 3.8) is 0 Å². The minimum absolute atomic E-state index is 0.00766. The minimum Gasteiger partial charge on any atom is -0.507 e. The number of nitrogens with zero attached hydrogens (tertiary/aromatic N) is 3. The Labute approximate surface area is 144 Å². The van der Waals surface area contributed by atoms with E-state index in [-0.39, 0.29) is 17.7 Å². The molecule has 1 unspecified atom stereocenters. The molecule has 1 saturated heterocycles. The molecule has 1 aromatic carbocycles. The summed E-state index contributed by atoms with van der Waals surface area (Å²) in [5.41, 5.74) is 2.88. The first-order valence-corrected chi connectivity index (χ1v) is 8.25. The number of benzene rings is 1. The standard InChI is InChI=1S/C19H18N4O2/c1-2-18(25)23-9-5-7-16(23)15-11-12-10-14(21-22-19(12)20-15)13-6-3-4-8-17(13)24/h2-4,6,8,10-11,16,24H,1,5,7,9H2,(H,20,22). The maximum Gasteiger partial charge on any atom is 0.246 e. The van der Waals surface area contributed by atoms with Crippen LogP contribution >= 0.6 is 0 Å². The minimum atomic E-state index is -0.0536. The number of hydrogen-bond donors (Lipinski definition) is 2. The van der Waals surface area contributed by atoms with E-state index in [0.29, 0.717) is 16.9 Å². The second-order valence-electron chi connectivity index (χ2n) is 6.17. The predicted octanol–water partition coefficient (Wildman–Crippen LogP) is 3.18. The number of fused-ring (bicyclic) bond motifs is 1. The number of aromatic nitrogens is 3. The number of phenolic OH excluding ortho intramolecular Hbond substituents is 1. The number of phenols is 1. The highest BCUT2D eigenvalue weighted by molar-refractivity contribution is 5.88. The summed E-state index contributed by atoms with van der Waals surface area (Å²) in [6.45, 7) is 4.32. The second kappa shape index (κ2) is 6.05. The van der Waals surface area contributed by atoms with Crippen LogP contribution in [0, 0.1) is 0 Å². The Morgan fingerprint density at radius 2 is 2.16 bits per heavy atom. The Morgan fingerprint density at radius 1 is 1.32 bits per heavy atom. The monoisotopic (exact) mass is 334 g/mol. The van der Waals surface area contributed by atoms with E-state index in [2.05, 4.69) is 21.8 Å². The van der Waals surface area contributed by atoms with Crippen LogP contribution in [0.3, 0.4) is 0 Å². The average molecular weight is 334 g/mol. The Balaban J connectivity index is 1.73. The van der Waals surface area contributed by atoms with Crippen LogP contribution in [0.2, 0.25) is 0 Å². The molecule has 4 rings (SSSR count). The summed E-state index contributed by atoms with van der Waals surface area (Å²) >= 11 is 0. The first-order chi connectivity index (χ1) is 12.2. The number of carbonyl (C=O) groups is 1. The van der Waals surface area contributed by atoms with E-state index in [9.17, 15) is 9.90 Å². The van der Waals surface area contributed by atoms with Gasteiger partial charge in [-0.05, 0) is 43.2 Å². The smallest absolute Gasteiger partial charge is 0.246 e. The van der Waals surface area contributed by atoms with Gasteiger partial charge in [0, 0.05) is 23.2 Å². The fraction of sp³-hybridized carbons (Fsp3) is 0.211.